The highest BCUT2D eigenvalue weighted by Gasteiger charge is 2.25. The van der Waals surface area contributed by atoms with E-state index < -0.39 is 22.6 Å². The molecule has 0 bridgehead atoms. The second kappa shape index (κ2) is 8.81. The molecule has 0 fully saturated rings. The van der Waals surface area contributed by atoms with E-state index in [0.29, 0.717) is 24.2 Å². The number of ketones is 1. The first-order chi connectivity index (χ1) is 14.3. The molecule has 0 saturated carbocycles. The van der Waals surface area contributed by atoms with Crippen LogP contribution in [0.4, 0.5) is 0 Å². The third-order valence-corrected chi connectivity index (χ3v) is 7.16. The zero-order valence-corrected chi connectivity index (χ0v) is 18.0. The van der Waals surface area contributed by atoms with Gasteiger partial charge in [0.1, 0.15) is 0 Å². The van der Waals surface area contributed by atoms with Crippen molar-refractivity contribution in [2.45, 2.75) is 25.7 Å². The summed E-state index contributed by atoms with van der Waals surface area (Å²) >= 11 is 0. The van der Waals surface area contributed by atoms with Gasteiger partial charge in [-0.05, 0) is 30.7 Å². The second-order valence-corrected chi connectivity index (χ2v) is 8.72. The minimum atomic E-state index is -3.72. The molecule has 3 aromatic rings. The van der Waals surface area contributed by atoms with Crippen molar-refractivity contribution in [2.24, 2.45) is 0 Å². The topological polar surface area (TPSA) is 96.5 Å². The number of esters is 1. The molecular weight excluding hydrogens is 404 g/mol. The maximum atomic E-state index is 12.9. The number of sulfonamides is 1. The lowest BCUT2D eigenvalue weighted by Gasteiger charge is -2.20. The number of H-pyrrole nitrogens is 1. The fraction of sp³-hybridized carbons (Fsp3) is 0.273. The van der Waals surface area contributed by atoms with Crippen LogP contribution in [0.2, 0.25) is 0 Å². The van der Waals surface area contributed by atoms with Crippen molar-refractivity contribution in [3.8, 4) is 0 Å². The third kappa shape index (κ3) is 4.15. The van der Waals surface area contributed by atoms with Gasteiger partial charge in [-0.3, -0.25) is 4.79 Å². The van der Waals surface area contributed by atoms with Gasteiger partial charge in [0.05, 0.1) is 10.5 Å². The number of para-hydroxylation sites is 1. The summed E-state index contributed by atoms with van der Waals surface area (Å²) in [5, 5.41) is 0.751. The number of nitrogens with zero attached hydrogens (tertiary/aromatic N) is 1. The van der Waals surface area contributed by atoms with Crippen LogP contribution >= 0.6 is 0 Å². The Morgan fingerprint density at radius 2 is 1.77 bits per heavy atom. The van der Waals surface area contributed by atoms with E-state index >= 15 is 0 Å². The molecule has 158 valence electrons. The molecule has 0 atom stereocenters. The molecule has 0 aliphatic carbocycles. The quantitative estimate of drug-likeness (QED) is 0.437. The Hall–Kier alpha value is -2.97. The van der Waals surface area contributed by atoms with Crippen molar-refractivity contribution in [3.63, 3.8) is 0 Å². The van der Waals surface area contributed by atoms with Gasteiger partial charge in [-0.2, -0.15) is 4.31 Å². The number of benzene rings is 2. The molecule has 0 saturated heterocycles. The van der Waals surface area contributed by atoms with E-state index in [2.05, 4.69) is 4.98 Å². The predicted molar refractivity (Wildman–Crippen MR) is 114 cm³/mol. The molecule has 0 unspecified atom stereocenters. The molecule has 2 aromatic carbocycles. The molecule has 0 aliphatic rings. The summed E-state index contributed by atoms with van der Waals surface area (Å²) in [4.78, 5) is 28.1. The highest BCUT2D eigenvalue weighted by Crippen LogP contribution is 2.22. The van der Waals surface area contributed by atoms with Crippen LogP contribution in [-0.2, 0) is 14.8 Å². The number of rotatable bonds is 8. The number of aromatic amines is 1. The Balaban J connectivity index is 1.78. The van der Waals surface area contributed by atoms with Gasteiger partial charge in [0.25, 0.3) is 0 Å². The minimum Gasteiger partial charge on any atom is -0.454 e. The van der Waals surface area contributed by atoms with E-state index in [1.54, 1.807) is 33.0 Å². The Kier molecular flexibility index (Phi) is 6.38. The number of carbonyl (C=O) groups is 2. The van der Waals surface area contributed by atoms with Crippen molar-refractivity contribution in [1.82, 2.24) is 9.29 Å². The normalized spacial score (nSPS) is 11.7. The number of aromatic nitrogens is 1. The van der Waals surface area contributed by atoms with Gasteiger partial charge in [0, 0.05) is 35.8 Å². The van der Waals surface area contributed by atoms with Gasteiger partial charge in [-0.25, -0.2) is 13.2 Å². The maximum absolute atomic E-state index is 12.9. The van der Waals surface area contributed by atoms with Gasteiger partial charge in [-0.1, -0.05) is 38.1 Å². The number of aryl methyl sites for hydroxylation is 1. The molecule has 0 aliphatic heterocycles. The molecular formula is C22H24N2O5S. The molecule has 8 heteroatoms. The molecule has 1 N–H and O–H groups in total. The fourth-order valence-corrected chi connectivity index (χ4v) is 5.01. The van der Waals surface area contributed by atoms with E-state index in [9.17, 15) is 18.0 Å². The summed E-state index contributed by atoms with van der Waals surface area (Å²) in [6.45, 7) is 5.40. The van der Waals surface area contributed by atoms with Gasteiger partial charge < -0.3 is 9.72 Å². The van der Waals surface area contributed by atoms with Crippen LogP contribution in [0.1, 0.15) is 40.1 Å². The molecule has 0 amide bonds. The van der Waals surface area contributed by atoms with Gasteiger partial charge in [0.2, 0.25) is 15.8 Å². The second-order valence-electron chi connectivity index (χ2n) is 6.82. The van der Waals surface area contributed by atoms with Crippen LogP contribution in [0.3, 0.4) is 0 Å². The predicted octanol–water partition coefficient (Wildman–Crippen LogP) is 3.55. The Labute approximate surface area is 175 Å². The van der Waals surface area contributed by atoms with Gasteiger partial charge in [0.15, 0.2) is 6.61 Å². The van der Waals surface area contributed by atoms with E-state index in [4.69, 9.17) is 4.74 Å². The zero-order valence-electron chi connectivity index (χ0n) is 17.1. The highest BCUT2D eigenvalue weighted by molar-refractivity contribution is 7.89. The summed E-state index contributed by atoms with van der Waals surface area (Å²) in [5.74, 6) is -1.09. The average molecular weight is 429 g/mol. The smallest absolute Gasteiger partial charge is 0.338 e. The first kappa shape index (κ1) is 21.7. The molecule has 1 aromatic heterocycles. The van der Waals surface area contributed by atoms with Gasteiger partial charge in [-0.15, -0.1) is 0 Å². The van der Waals surface area contributed by atoms with Crippen LogP contribution < -0.4 is 0 Å². The number of hydrogen-bond donors (Lipinski definition) is 1. The summed E-state index contributed by atoms with van der Waals surface area (Å²) in [5.41, 5.74) is 1.87. The van der Waals surface area contributed by atoms with Crippen molar-refractivity contribution >= 4 is 32.7 Å². The van der Waals surface area contributed by atoms with Crippen molar-refractivity contribution in [3.05, 3.63) is 65.4 Å². The largest absolute Gasteiger partial charge is 0.454 e. The summed E-state index contributed by atoms with van der Waals surface area (Å²) in [7, 11) is -3.72. The first-order valence-electron chi connectivity index (χ1n) is 9.66. The fourth-order valence-electron chi connectivity index (χ4n) is 3.30. The Bertz CT molecular complexity index is 1190. The summed E-state index contributed by atoms with van der Waals surface area (Å²) < 4.78 is 32.2. The van der Waals surface area contributed by atoms with E-state index in [0.717, 1.165) is 10.9 Å². The molecule has 30 heavy (non-hydrogen) atoms. The first-order valence-corrected chi connectivity index (χ1v) is 11.1. The molecule has 3 rings (SSSR count). The number of hydrogen-bond acceptors (Lipinski definition) is 5. The van der Waals surface area contributed by atoms with Crippen LogP contribution in [-0.4, -0.2) is 49.2 Å². The van der Waals surface area contributed by atoms with Crippen molar-refractivity contribution in [2.75, 3.05) is 19.7 Å². The lowest BCUT2D eigenvalue weighted by Crippen LogP contribution is -2.31. The summed E-state index contributed by atoms with van der Waals surface area (Å²) in [6.07, 6.45) is 1.58. The van der Waals surface area contributed by atoms with Crippen LogP contribution in [0, 0.1) is 6.92 Å². The number of ether oxygens (including phenoxy) is 1. The SMILES string of the molecule is CCN(CC)S(=O)(=O)c1cc(C(=O)OCC(=O)c2c[nH]c3ccccc23)ccc1C. The third-order valence-electron chi connectivity index (χ3n) is 4.97. The molecule has 0 radical (unpaired) electrons. The zero-order chi connectivity index (χ0) is 21.9. The number of Topliss-reactive ketones (excluding diaryl/α,β-unsaturated/α-hetero) is 1. The van der Waals surface area contributed by atoms with Crippen LogP contribution in [0.25, 0.3) is 10.9 Å². The van der Waals surface area contributed by atoms with E-state index in [-0.39, 0.29) is 16.2 Å². The summed E-state index contributed by atoms with van der Waals surface area (Å²) in [6, 6.07) is 11.7. The number of carbonyl (C=O) groups excluding carboxylic acids is 2. The standard InChI is InChI=1S/C22H24N2O5S/c1-4-24(5-2)30(27,28)21-12-16(11-10-15(21)3)22(26)29-14-20(25)18-13-23-19-9-7-6-8-17(18)19/h6-13,23H,4-5,14H2,1-3H3. The number of nitrogens with one attached hydrogen (secondary N) is 1. The molecule has 0 spiro atoms. The maximum Gasteiger partial charge on any atom is 0.338 e. The van der Waals surface area contributed by atoms with E-state index in [1.165, 1.54) is 16.4 Å². The minimum absolute atomic E-state index is 0.0589. The lowest BCUT2D eigenvalue weighted by atomic mass is 10.1. The lowest BCUT2D eigenvalue weighted by molar-refractivity contribution is 0.0475. The van der Waals surface area contributed by atoms with Gasteiger partial charge >= 0.3 is 5.97 Å². The number of fused-ring (bicyclic) bond motifs is 1. The van der Waals surface area contributed by atoms with Crippen molar-refractivity contribution in [1.29, 1.82) is 0 Å². The van der Waals surface area contributed by atoms with E-state index in [1.807, 2.05) is 24.3 Å². The average Bonchev–Trinajstić information content (AvgIpc) is 3.17. The van der Waals surface area contributed by atoms with Crippen LogP contribution in [0.5, 0.6) is 0 Å². The van der Waals surface area contributed by atoms with Crippen LogP contribution in [0.15, 0.2) is 53.6 Å². The Morgan fingerprint density at radius 3 is 2.47 bits per heavy atom. The molecule has 7 nitrogen and oxygen atoms in total. The molecule has 1 heterocycles. The monoisotopic (exact) mass is 428 g/mol. The van der Waals surface area contributed by atoms with Crippen molar-refractivity contribution < 1.29 is 22.7 Å². The Morgan fingerprint density at radius 1 is 1.07 bits per heavy atom. The highest BCUT2D eigenvalue weighted by atomic mass is 32.2.